The van der Waals surface area contributed by atoms with Crippen molar-refractivity contribution in [3.8, 4) is 11.5 Å². The summed E-state index contributed by atoms with van der Waals surface area (Å²) in [4.78, 5) is 22.6. The number of benzene rings is 2. The van der Waals surface area contributed by atoms with E-state index in [0.29, 0.717) is 29.5 Å². The summed E-state index contributed by atoms with van der Waals surface area (Å²) in [7, 11) is 1.42. The molecule has 0 saturated heterocycles. The van der Waals surface area contributed by atoms with Crippen molar-refractivity contribution in [2.24, 2.45) is 0 Å². The molecule has 7 nitrogen and oxygen atoms in total. The lowest BCUT2D eigenvalue weighted by atomic mass is 10.2. The van der Waals surface area contributed by atoms with Gasteiger partial charge in [0.05, 0.1) is 24.7 Å². The molecule has 0 saturated carbocycles. The maximum absolute atomic E-state index is 12.0. The monoisotopic (exact) mass is 378 g/mol. The molecule has 0 atom stereocenters. The molecule has 0 unspecified atom stereocenters. The number of methoxy groups -OCH3 is 1. The van der Waals surface area contributed by atoms with Crippen LogP contribution in [0.3, 0.4) is 0 Å². The van der Waals surface area contributed by atoms with E-state index in [1.165, 1.54) is 19.2 Å². The lowest BCUT2D eigenvalue weighted by Crippen LogP contribution is -2.14. The molecule has 0 aromatic heterocycles. The first-order valence-electron chi connectivity index (χ1n) is 7.92. The molecule has 138 valence electrons. The second-order valence-electron chi connectivity index (χ2n) is 5.55. The number of nitrogens with one attached hydrogen (secondary N) is 1. The van der Waals surface area contributed by atoms with Crippen molar-refractivity contribution in [1.82, 2.24) is 0 Å². The number of hydrogen-bond acceptors (Lipinski definition) is 5. The molecular formula is C18H19ClN2O5. The SMILES string of the molecule is COc1ccc(NC(=O)CCCOc2ccc(Cl)c(C)c2)c([N+](=O)[O-])c1. The van der Waals surface area contributed by atoms with Gasteiger partial charge in [-0.2, -0.15) is 0 Å². The van der Waals surface area contributed by atoms with Crippen LogP contribution in [0.4, 0.5) is 11.4 Å². The molecular weight excluding hydrogens is 360 g/mol. The summed E-state index contributed by atoms with van der Waals surface area (Å²) in [5.41, 5.74) is 0.828. The van der Waals surface area contributed by atoms with E-state index in [4.69, 9.17) is 21.1 Å². The molecule has 0 heterocycles. The fourth-order valence-corrected chi connectivity index (χ4v) is 2.36. The predicted octanol–water partition coefficient (Wildman–Crippen LogP) is 4.36. The largest absolute Gasteiger partial charge is 0.496 e. The van der Waals surface area contributed by atoms with Crippen molar-refractivity contribution in [3.63, 3.8) is 0 Å². The van der Waals surface area contributed by atoms with Crippen LogP contribution in [0.1, 0.15) is 18.4 Å². The van der Waals surface area contributed by atoms with Crippen LogP contribution in [-0.4, -0.2) is 24.5 Å². The highest BCUT2D eigenvalue weighted by Crippen LogP contribution is 2.29. The standard InChI is InChI=1S/C18H19ClN2O5/c1-12-10-14(5-7-15(12)19)26-9-3-4-18(22)20-16-8-6-13(25-2)11-17(16)21(23)24/h5-8,10-11H,3-4,9H2,1-2H3,(H,20,22). The van der Waals surface area contributed by atoms with Gasteiger partial charge in [-0.15, -0.1) is 0 Å². The van der Waals surface area contributed by atoms with Gasteiger partial charge in [0.2, 0.25) is 5.91 Å². The van der Waals surface area contributed by atoms with Crippen molar-refractivity contribution in [2.45, 2.75) is 19.8 Å². The van der Waals surface area contributed by atoms with Gasteiger partial charge in [-0.3, -0.25) is 14.9 Å². The Labute approximate surface area is 156 Å². The third-order valence-electron chi connectivity index (χ3n) is 3.62. The first-order valence-corrected chi connectivity index (χ1v) is 8.29. The third kappa shape index (κ3) is 5.35. The molecule has 2 rings (SSSR count). The molecule has 26 heavy (non-hydrogen) atoms. The van der Waals surface area contributed by atoms with Crippen LogP contribution < -0.4 is 14.8 Å². The van der Waals surface area contributed by atoms with E-state index in [1.54, 1.807) is 18.2 Å². The minimum atomic E-state index is -0.565. The highest BCUT2D eigenvalue weighted by Gasteiger charge is 2.17. The quantitative estimate of drug-likeness (QED) is 0.418. The van der Waals surface area contributed by atoms with Crippen LogP contribution >= 0.6 is 11.6 Å². The maximum atomic E-state index is 12.0. The highest BCUT2D eigenvalue weighted by molar-refractivity contribution is 6.31. The van der Waals surface area contributed by atoms with Crippen LogP contribution in [0.2, 0.25) is 5.02 Å². The van der Waals surface area contributed by atoms with Gasteiger partial charge in [-0.05, 0) is 49.2 Å². The minimum Gasteiger partial charge on any atom is -0.496 e. The number of amides is 1. The Morgan fingerprint density at radius 1 is 1.23 bits per heavy atom. The van der Waals surface area contributed by atoms with E-state index >= 15 is 0 Å². The average molecular weight is 379 g/mol. The lowest BCUT2D eigenvalue weighted by Gasteiger charge is -2.09. The number of nitro benzene ring substituents is 1. The van der Waals surface area contributed by atoms with Gasteiger partial charge >= 0.3 is 0 Å². The van der Waals surface area contributed by atoms with E-state index in [0.717, 1.165) is 5.56 Å². The van der Waals surface area contributed by atoms with Gasteiger partial charge in [-0.25, -0.2) is 0 Å². The highest BCUT2D eigenvalue weighted by atomic mass is 35.5. The van der Waals surface area contributed by atoms with Crippen molar-refractivity contribution in [2.75, 3.05) is 19.0 Å². The van der Waals surface area contributed by atoms with E-state index in [2.05, 4.69) is 5.32 Å². The number of halogens is 1. The van der Waals surface area contributed by atoms with Crippen LogP contribution in [0, 0.1) is 17.0 Å². The van der Waals surface area contributed by atoms with E-state index in [-0.39, 0.29) is 23.7 Å². The molecule has 0 radical (unpaired) electrons. The number of anilines is 1. The molecule has 0 aliphatic rings. The van der Waals surface area contributed by atoms with Gasteiger partial charge in [0.15, 0.2) is 0 Å². The fourth-order valence-electron chi connectivity index (χ4n) is 2.24. The summed E-state index contributed by atoms with van der Waals surface area (Å²) >= 11 is 5.95. The van der Waals surface area contributed by atoms with Gasteiger partial charge < -0.3 is 14.8 Å². The van der Waals surface area contributed by atoms with Gasteiger partial charge in [0.1, 0.15) is 17.2 Å². The number of nitro groups is 1. The lowest BCUT2D eigenvalue weighted by molar-refractivity contribution is -0.384. The van der Waals surface area contributed by atoms with Crippen LogP contribution in [-0.2, 0) is 4.79 Å². The Balaban J connectivity index is 1.85. The molecule has 0 fully saturated rings. The topological polar surface area (TPSA) is 90.7 Å². The number of nitrogens with zero attached hydrogens (tertiary/aromatic N) is 1. The van der Waals surface area contributed by atoms with Crippen molar-refractivity contribution >= 4 is 28.9 Å². The molecule has 2 aromatic carbocycles. The maximum Gasteiger partial charge on any atom is 0.296 e. The molecule has 0 aliphatic carbocycles. The summed E-state index contributed by atoms with van der Waals surface area (Å²) < 4.78 is 10.5. The number of rotatable bonds is 8. The normalized spacial score (nSPS) is 10.3. The van der Waals surface area contributed by atoms with Crippen LogP contribution in [0.5, 0.6) is 11.5 Å². The molecule has 1 amide bonds. The van der Waals surface area contributed by atoms with Crippen molar-refractivity contribution in [1.29, 1.82) is 0 Å². The smallest absolute Gasteiger partial charge is 0.296 e. The number of carbonyl (C=O) groups is 1. The Bertz CT molecular complexity index is 810. The third-order valence-corrected chi connectivity index (χ3v) is 4.05. The second kappa shape index (κ2) is 9.05. The zero-order chi connectivity index (χ0) is 19.1. The van der Waals surface area contributed by atoms with Crippen molar-refractivity contribution in [3.05, 3.63) is 57.1 Å². The first-order chi connectivity index (χ1) is 12.4. The Kier molecular flexibility index (Phi) is 6.80. The summed E-state index contributed by atoms with van der Waals surface area (Å²) in [6.07, 6.45) is 0.646. The Hall–Kier alpha value is -2.80. The zero-order valence-corrected chi connectivity index (χ0v) is 15.2. The molecule has 2 aromatic rings. The fraction of sp³-hybridized carbons (Fsp3) is 0.278. The van der Waals surface area contributed by atoms with Crippen LogP contribution in [0.25, 0.3) is 0 Å². The Morgan fingerprint density at radius 3 is 2.62 bits per heavy atom. The number of ether oxygens (including phenoxy) is 2. The molecule has 0 aliphatic heterocycles. The summed E-state index contributed by atoms with van der Waals surface area (Å²) in [5.74, 6) is 0.702. The van der Waals surface area contributed by atoms with Gasteiger partial charge in [0.25, 0.3) is 5.69 Å². The van der Waals surface area contributed by atoms with Crippen LogP contribution in [0.15, 0.2) is 36.4 Å². The van der Waals surface area contributed by atoms with Gasteiger partial charge in [0, 0.05) is 11.4 Å². The zero-order valence-electron chi connectivity index (χ0n) is 14.5. The molecule has 8 heteroatoms. The number of aryl methyl sites for hydroxylation is 1. The van der Waals surface area contributed by atoms with E-state index in [9.17, 15) is 14.9 Å². The first kappa shape index (κ1) is 19.5. The summed E-state index contributed by atoms with van der Waals surface area (Å²) in [5, 5.41) is 14.3. The summed E-state index contributed by atoms with van der Waals surface area (Å²) in [6.45, 7) is 2.23. The average Bonchev–Trinajstić information content (AvgIpc) is 2.61. The predicted molar refractivity (Wildman–Crippen MR) is 99.2 cm³/mol. The minimum absolute atomic E-state index is 0.134. The van der Waals surface area contributed by atoms with Crippen molar-refractivity contribution < 1.29 is 19.2 Å². The summed E-state index contributed by atoms with van der Waals surface area (Å²) in [6, 6.07) is 9.60. The number of hydrogen-bond donors (Lipinski definition) is 1. The Morgan fingerprint density at radius 2 is 1.96 bits per heavy atom. The van der Waals surface area contributed by atoms with E-state index < -0.39 is 4.92 Å². The van der Waals surface area contributed by atoms with Gasteiger partial charge in [-0.1, -0.05) is 11.6 Å². The number of carbonyl (C=O) groups excluding carboxylic acids is 1. The second-order valence-corrected chi connectivity index (χ2v) is 5.96. The van der Waals surface area contributed by atoms with E-state index in [1.807, 2.05) is 13.0 Å². The molecule has 0 bridgehead atoms. The molecule has 1 N–H and O–H groups in total. The molecule has 0 spiro atoms.